The van der Waals surface area contributed by atoms with Crippen LogP contribution in [0.1, 0.15) is 113 Å². The molecule has 1 atom stereocenters. The van der Waals surface area contributed by atoms with Gasteiger partial charge < -0.3 is 15.3 Å². The molecule has 2 aromatic carbocycles. The number of unbranched alkanes of at least 4 members (excludes halogenated alkanes) is 1. The predicted molar refractivity (Wildman–Crippen MR) is 172 cm³/mol. The molecule has 1 aliphatic carbocycles. The molecule has 1 saturated carbocycles. The van der Waals surface area contributed by atoms with E-state index in [9.17, 15) is 14.4 Å². The largest absolute Gasteiger partial charge is 0.481 e. The molecule has 1 heterocycles. The summed E-state index contributed by atoms with van der Waals surface area (Å²) in [5.41, 5.74) is 1.95. The average Bonchev–Trinajstić information content (AvgIpc) is 3.24. The van der Waals surface area contributed by atoms with Crippen LogP contribution in [0.3, 0.4) is 0 Å². The van der Waals surface area contributed by atoms with Crippen LogP contribution in [0.15, 0.2) is 47.5 Å². The van der Waals surface area contributed by atoms with Gasteiger partial charge in [0.1, 0.15) is 11.4 Å². The molecular weight excluding hydrogens is 585 g/mol. The van der Waals surface area contributed by atoms with E-state index >= 15 is 0 Å². The highest BCUT2D eigenvalue weighted by atomic mass is 35.5. The number of carbonyl (C=O) groups is 3. The fourth-order valence-electron chi connectivity index (χ4n) is 6.51. The number of carbonyl (C=O) groups excluding carboxylic acids is 2. The van der Waals surface area contributed by atoms with Crippen molar-refractivity contribution in [3.05, 3.63) is 69.2 Å². The van der Waals surface area contributed by atoms with Crippen LogP contribution in [0.4, 0.5) is 0 Å². The second-order valence-electron chi connectivity index (χ2n) is 12.6. The van der Waals surface area contributed by atoms with Crippen molar-refractivity contribution in [1.82, 2.24) is 10.2 Å². The molecule has 0 aromatic heterocycles. The first-order valence-corrected chi connectivity index (χ1v) is 16.2. The number of amides is 2. The Labute approximate surface area is 265 Å². The van der Waals surface area contributed by atoms with Gasteiger partial charge in [0.2, 0.25) is 0 Å². The maximum atomic E-state index is 14.5. The van der Waals surface area contributed by atoms with E-state index in [-0.39, 0.29) is 36.2 Å². The van der Waals surface area contributed by atoms with Crippen molar-refractivity contribution in [2.45, 2.75) is 97.2 Å². The van der Waals surface area contributed by atoms with Crippen LogP contribution in [-0.2, 0) is 9.59 Å². The van der Waals surface area contributed by atoms with Crippen molar-refractivity contribution in [2.75, 3.05) is 6.54 Å². The number of rotatable bonds is 12. The summed E-state index contributed by atoms with van der Waals surface area (Å²) in [7, 11) is 0. The molecule has 43 heavy (non-hydrogen) atoms. The van der Waals surface area contributed by atoms with E-state index in [1.54, 1.807) is 30.3 Å². The summed E-state index contributed by atoms with van der Waals surface area (Å²) in [6, 6.07) is 12.2. The van der Waals surface area contributed by atoms with Gasteiger partial charge in [0, 0.05) is 27.7 Å². The van der Waals surface area contributed by atoms with E-state index in [4.69, 9.17) is 33.3 Å². The minimum Gasteiger partial charge on any atom is -0.481 e. The highest BCUT2D eigenvalue weighted by Crippen LogP contribution is 2.50. The molecule has 1 spiro atoms. The summed E-state index contributed by atoms with van der Waals surface area (Å²) in [6.07, 6.45) is 7.12. The molecule has 2 aromatic rings. The summed E-state index contributed by atoms with van der Waals surface area (Å²) in [5, 5.41) is 12.4. The summed E-state index contributed by atoms with van der Waals surface area (Å²) in [6.45, 7) is 9.10. The number of carboxylic acids is 1. The van der Waals surface area contributed by atoms with Crippen LogP contribution in [0.25, 0.3) is 0 Å². The van der Waals surface area contributed by atoms with E-state index in [0.717, 1.165) is 56.9 Å². The molecule has 1 fully saturated rings. The van der Waals surface area contributed by atoms with Crippen molar-refractivity contribution in [3.8, 4) is 0 Å². The Morgan fingerprint density at radius 3 is 2.28 bits per heavy atom. The van der Waals surface area contributed by atoms with Crippen molar-refractivity contribution < 1.29 is 19.5 Å². The number of aliphatic carboxylic acids is 1. The quantitative estimate of drug-likeness (QED) is 0.248. The second kappa shape index (κ2) is 13.8. The Morgan fingerprint density at radius 1 is 1.09 bits per heavy atom. The molecule has 0 bridgehead atoms. The van der Waals surface area contributed by atoms with Crippen LogP contribution < -0.4 is 5.32 Å². The maximum Gasteiger partial charge on any atom is 0.305 e. The van der Waals surface area contributed by atoms with Gasteiger partial charge in [-0.3, -0.25) is 19.4 Å². The lowest BCUT2D eigenvalue weighted by molar-refractivity contribution is -0.137. The number of hydrogen-bond acceptors (Lipinski definition) is 4. The molecule has 2 amide bonds. The zero-order chi connectivity index (χ0) is 31.4. The highest BCUT2D eigenvalue weighted by Gasteiger charge is 2.52. The lowest BCUT2D eigenvalue weighted by Crippen LogP contribution is -2.51. The number of carboxylic acid groups (broad SMARTS) is 1. The zero-order valence-electron chi connectivity index (χ0n) is 25.6. The molecule has 0 saturated heterocycles. The third-order valence-corrected chi connectivity index (χ3v) is 9.89. The molecule has 232 valence electrons. The molecule has 9 heteroatoms. The third-order valence-electron chi connectivity index (χ3n) is 9.45. The fraction of sp³-hybridized carbons (Fsp3) is 0.529. The molecule has 1 unspecified atom stereocenters. The van der Waals surface area contributed by atoms with Crippen molar-refractivity contribution in [3.63, 3.8) is 0 Å². The van der Waals surface area contributed by atoms with Gasteiger partial charge in [-0.2, -0.15) is 0 Å². The SMILES string of the molecule is CCCCC(c1ccc(C(=O)NCCC(=O)O)cc1)N1C(=O)C(c2cc(Cl)cc(Cl)c2)=NC12CCC(C(C)(C)CC)CC2. The van der Waals surface area contributed by atoms with E-state index in [2.05, 4.69) is 33.0 Å². The zero-order valence-corrected chi connectivity index (χ0v) is 27.1. The monoisotopic (exact) mass is 627 g/mol. The lowest BCUT2D eigenvalue weighted by Gasteiger charge is -2.48. The maximum absolute atomic E-state index is 14.5. The Kier molecular flexibility index (Phi) is 10.6. The number of halogens is 2. The predicted octanol–water partition coefficient (Wildman–Crippen LogP) is 8.08. The van der Waals surface area contributed by atoms with Crippen LogP contribution in [-0.4, -0.2) is 45.7 Å². The van der Waals surface area contributed by atoms with Crippen LogP contribution >= 0.6 is 23.2 Å². The second-order valence-corrected chi connectivity index (χ2v) is 13.4. The average molecular weight is 629 g/mol. The Hall–Kier alpha value is -2.90. The first kappa shape index (κ1) is 33.0. The first-order valence-electron chi connectivity index (χ1n) is 15.4. The van der Waals surface area contributed by atoms with Gasteiger partial charge in [-0.25, -0.2) is 0 Å². The van der Waals surface area contributed by atoms with Crippen LogP contribution in [0.5, 0.6) is 0 Å². The van der Waals surface area contributed by atoms with Gasteiger partial charge >= 0.3 is 5.97 Å². The van der Waals surface area contributed by atoms with Crippen molar-refractivity contribution in [1.29, 1.82) is 0 Å². The lowest BCUT2D eigenvalue weighted by atomic mass is 9.67. The standard InChI is InChI=1S/C34H43Cl2N3O4/c1-5-7-8-28(22-9-11-23(12-10-22)31(42)37-18-15-29(40)41)39-32(43)30(24-19-26(35)21-27(36)20-24)38-34(39)16-13-25(14-17-34)33(3,4)6-2/h9-12,19-21,25,28H,5-8,13-18H2,1-4H3,(H,37,42)(H,40,41). The number of aliphatic imine (C=N–C) groups is 1. The molecule has 2 aliphatic rings. The van der Waals surface area contributed by atoms with E-state index < -0.39 is 11.6 Å². The number of hydrogen-bond donors (Lipinski definition) is 2. The minimum absolute atomic E-state index is 0.0588. The van der Waals surface area contributed by atoms with E-state index in [0.29, 0.717) is 32.8 Å². The summed E-state index contributed by atoms with van der Waals surface area (Å²) < 4.78 is 0. The summed E-state index contributed by atoms with van der Waals surface area (Å²) in [5.74, 6) is -0.865. The Bertz CT molecular complexity index is 1340. The Balaban J connectivity index is 1.71. The number of nitrogens with zero attached hydrogens (tertiary/aromatic N) is 2. The molecule has 2 N–H and O–H groups in total. The summed E-state index contributed by atoms with van der Waals surface area (Å²) in [4.78, 5) is 45.2. The van der Waals surface area contributed by atoms with Crippen molar-refractivity contribution >= 4 is 46.7 Å². The van der Waals surface area contributed by atoms with Gasteiger partial charge in [0.05, 0.1) is 12.5 Å². The van der Waals surface area contributed by atoms with Gasteiger partial charge in [-0.05, 0) is 79.3 Å². The van der Waals surface area contributed by atoms with E-state index in [1.165, 1.54) is 0 Å². The van der Waals surface area contributed by atoms with Crippen LogP contribution in [0.2, 0.25) is 10.0 Å². The molecule has 1 aliphatic heterocycles. The van der Waals surface area contributed by atoms with Gasteiger partial charge in [-0.15, -0.1) is 0 Å². The van der Waals surface area contributed by atoms with Crippen molar-refractivity contribution in [2.24, 2.45) is 16.3 Å². The van der Waals surface area contributed by atoms with Gasteiger partial charge in [0.25, 0.3) is 11.8 Å². The first-order chi connectivity index (χ1) is 20.4. The number of nitrogens with one attached hydrogen (secondary N) is 1. The molecule has 0 radical (unpaired) electrons. The minimum atomic E-state index is -0.965. The summed E-state index contributed by atoms with van der Waals surface area (Å²) >= 11 is 12.7. The smallest absolute Gasteiger partial charge is 0.305 e. The topological polar surface area (TPSA) is 99.1 Å². The molecule has 7 nitrogen and oxygen atoms in total. The highest BCUT2D eigenvalue weighted by molar-refractivity contribution is 6.47. The van der Waals surface area contributed by atoms with E-state index in [1.807, 2.05) is 17.0 Å². The number of benzene rings is 2. The normalized spacial score (nSPS) is 21.2. The Morgan fingerprint density at radius 2 is 1.72 bits per heavy atom. The molecular formula is C34H43Cl2N3O4. The van der Waals surface area contributed by atoms with Gasteiger partial charge in [-0.1, -0.05) is 82.3 Å². The third kappa shape index (κ3) is 7.43. The fourth-order valence-corrected chi connectivity index (χ4v) is 7.04. The molecule has 4 rings (SSSR count). The van der Waals surface area contributed by atoms with Gasteiger partial charge in [0.15, 0.2) is 0 Å². The van der Waals surface area contributed by atoms with Crippen LogP contribution in [0, 0.1) is 11.3 Å².